The predicted molar refractivity (Wildman–Crippen MR) is 127 cm³/mol. The number of halogens is 3. The molecule has 2 N–H and O–H groups in total. The predicted octanol–water partition coefficient (Wildman–Crippen LogP) is 4.26. The van der Waals surface area contributed by atoms with Gasteiger partial charge in [-0.3, -0.25) is 9.78 Å². The van der Waals surface area contributed by atoms with Crippen LogP contribution < -0.4 is 14.2 Å². The number of sulfonamides is 1. The zero-order valence-electron chi connectivity index (χ0n) is 20.0. The summed E-state index contributed by atoms with van der Waals surface area (Å²) >= 11 is 0. The highest BCUT2D eigenvalue weighted by Gasteiger charge is 2.37. The number of alkyl halides is 3. The molecule has 0 saturated carbocycles. The first-order valence-corrected chi connectivity index (χ1v) is 12.3. The van der Waals surface area contributed by atoms with E-state index in [1.165, 1.54) is 45.3 Å². The zero-order valence-corrected chi connectivity index (χ0v) is 20.8. The van der Waals surface area contributed by atoms with Gasteiger partial charge in [-0.2, -0.15) is 13.2 Å². The number of carbonyl (C=O) groups is 1. The van der Waals surface area contributed by atoms with Crippen LogP contribution in [0, 0.1) is 0 Å². The molecule has 0 bridgehead atoms. The molecular weight excluding hydrogens is 515 g/mol. The molecule has 0 saturated heterocycles. The number of nitrogens with zero attached hydrogens (tertiary/aromatic N) is 2. The standard InChI is InChI=1S/C24H24F3N3O6S/c1-23(2,3)37(33,34)30-22(32)15-7-10-19(17(12-15)24(25,26)27)36-20(14-31)18-9-8-16(13-29-18)35-21-6-4-5-11-28-21/h4-13,20,31H,14H2,1-3H3,(H,30,32). The van der Waals surface area contributed by atoms with Gasteiger partial charge in [-0.1, -0.05) is 6.07 Å². The number of carbonyl (C=O) groups excluding carboxylic acids is 1. The topological polar surface area (TPSA) is 128 Å². The summed E-state index contributed by atoms with van der Waals surface area (Å²) in [7, 11) is -4.15. The van der Waals surface area contributed by atoms with Gasteiger partial charge in [0.1, 0.15) is 11.5 Å². The minimum Gasteiger partial charge on any atom is -0.481 e. The average Bonchev–Trinajstić information content (AvgIpc) is 2.82. The first-order valence-electron chi connectivity index (χ1n) is 10.8. The second kappa shape index (κ2) is 10.7. The minimum absolute atomic E-state index is 0.113. The summed E-state index contributed by atoms with van der Waals surface area (Å²) in [5, 5.41) is 9.77. The van der Waals surface area contributed by atoms with Crippen molar-refractivity contribution in [3.05, 3.63) is 77.7 Å². The molecule has 37 heavy (non-hydrogen) atoms. The van der Waals surface area contributed by atoms with E-state index < -0.39 is 56.4 Å². The third-order valence-corrected chi connectivity index (χ3v) is 7.03. The monoisotopic (exact) mass is 539 g/mol. The van der Waals surface area contributed by atoms with Crippen LogP contribution in [0.1, 0.15) is 48.5 Å². The highest BCUT2D eigenvalue weighted by Crippen LogP contribution is 2.38. The Balaban J connectivity index is 1.84. The third kappa shape index (κ3) is 6.95. The van der Waals surface area contributed by atoms with Crippen molar-refractivity contribution in [2.45, 2.75) is 37.8 Å². The molecule has 1 aromatic carbocycles. The van der Waals surface area contributed by atoms with Crippen molar-refractivity contribution in [1.29, 1.82) is 0 Å². The Kier molecular flexibility index (Phi) is 8.08. The number of pyridine rings is 2. The van der Waals surface area contributed by atoms with Crippen LogP contribution in [-0.4, -0.2) is 40.8 Å². The van der Waals surface area contributed by atoms with E-state index in [1.807, 2.05) is 0 Å². The molecule has 2 aromatic heterocycles. The van der Waals surface area contributed by atoms with Crippen LogP contribution in [0.4, 0.5) is 13.2 Å². The normalized spacial score (nSPS) is 13.1. The van der Waals surface area contributed by atoms with Crippen LogP contribution >= 0.6 is 0 Å². The molecule has 198 valence electrons. The highest BCUT2D eigenvalue weighted by atomic mass is 32.2. The van der Waals surface area contributed by atoms with Crippen LogP contribution in [0.15, 0.2) is 60.9 Å². The van der Waals surface area contributed by atoms with Gasteiger partial charge in [0, 0.05) is 17.8 Å². The van der Waals surface area contributed by atoms with Crippen LogP contribution in [0.5, 0.6) is 17.4 Å². The number of benzene rings is 1. The van der Waals surface area contributed by atoms with Gasteiger partial charge in [-0.25, -0.2) is 18.1 Å². The lowest BCUT2D eigenvalue weighted by Gasteiger charge is -2.21. The van der Waals surface area contributed by atoms with Gasteiger partial charge in [0.25, 0.3) is 5.91 Å². The number of hydrogen-bond donors (Lipinski definition) is 2. The van der Waals surface area contributed by atoms with E-state index >= 15 is 0 Å². The van der Waals surface area contributed by atoms with Crippen LogP contribution in [0.3, 0.4) is 0 Å². The number of hydrogen-bond acceptors (Lipinski definition) is 8. The van der Waals surface area contributed by atoms with Crippen molar-refractivity contribution in [2.24, 2.45) is 0 Å². The maximum absolute atomic E-state index is 13.8. The van der Waals surface area contributed by atoms with Crippen LogP contribution in [0.2, 0.25) is 0 Å². The van der Waals surface area contributed by atoms with E-state index in [9.17, 15) is 31.5 Å². The Morgan fingerprint density at radius 2 is 1.81 bits per heavy atom. The minimum atomic E-state index is -4.96. The van der Waals surface area contributed by atoms with E-state index in [1.54, 1.807) is 22.9 Å². The number of aromatic nitrogens is 2. The Labute approximate surface area is 211 Å². The summed E-state index contributed by atoms with van der Waals surface area (Å²) in [4.78, 5) is 20.5. The molecule has 1 atom stereocenters. The lowest BCUT2D eigenvalue weighted by Crippen LogP contribution is -2.42. The van der Waals surface area contributed by atoms with Crippen LogP contribution in [-0.2, 0) is 16.2 Å². The van der Waals surface area contributed by atoms with Crippen molar-refractivity contribution >= 4 is 15.9 Å². The molecule has 9 nitrogen and oxygen atoms in total. The summed E-state index contributed by atoms with van der Waals surface area (Å²) in [6.45, 7) is 3.29. The summed E-state index contributed by atoms with van der Waals surface area (Å²) in [5.74, 6) is -1.30. The summed E-state index contributed by atoms with van der Waals surface area (Å²) < 4.78 is 77.2. The van der Waals surface area contributed by atoms with Crippen molar-refractivity contribution in [2.75, 3.05) is 6.61 Å². The average molecular weight is 540 g/mol. The molecule has 0 aliphatic heterocycles. The fourth-order valence-corrected chi connectivity index (χ4v) is 3.51. The molecule has 0 aliphatic carbocycles. The molecule has 3 aromatic rings. The SMILES string of the molecule is CC(C)(C)S(=O)(=O)NC(=O)c1ccc(OC(CO)c2ccc(Oc3ccccn3)cn2)c(C(F)(F)F)c1. The number of nitrogens with one attached hydrogen (secondary N) is 1. The maximum atomic E-state index is 13.8. The second-order valence-corrected chi connectivity index (χ2v) is 11.2. The molecular formula is C24H24F3N3O6S. The van der Waals surface area contributed by atoms with Gasteiger partial charge in [-0.05, 0) is 57.2 Å². The fraction of sp³-hybridized carbons (Fsp3) is 0.292. The van der Waals surface area contributed by atoms with Crippen molar-refractivity contribution < 1.29 is 41.0 Å². The lowest BCUT2D eigenvalue weighted by atomic mass is 10.1. The van der Waals surface area contributed by atoms with Crippen molar-refractivity contribution in [3.8, 4) is 17.4 Å². The Bertz CT molecular complexity index is 1340. The number of rotatable bonds is 8. The molecule has 13 heteroatoms. The lowest BCUT2D eigenvalue weighted by molar-refractivity contribution is -0.139. The Morgan fingerprint density at radius 3 is 2.35 bits per heavy atom. The maximum Gasteiger partial charge on any atom is 0.419 e. The van der Waals surface area contributed by atoms with Crippen LogP contribution in [0.25, 0.3) is 0 Å². The third-order valence-electron chi connectivity index (χ3n) is 4.96. The van der Waals surface area contributed by atoms with Crippen molar-refractivity contribution in [3.63, 3.8) is 0 Å². The molecule has 2 heterocycles. The molecule has 3 rings (SSSR count). The molecule has 0 fully saturated rings. The van der Waals surface area contributed by atoms with Gasteiger partial charge >= 0.3 is 6.18 Å². The summed E-state index contributed by atoms with van der Waals surface area (Å²) in [6, 6.07) is 10.3. The van der Waals surface area contributed by atoms with Gasteiger partial charge in [0.05, 0.1) is 28.8 Å². The van der Waals surface area contributed by atoms with Gasteiger partial charge in [-0.15, -0.1) is 0 Å². The first kappa shape index (κ1) is 27.9. The number of ether oxygens (including phenoxy) is 2. The van der Waals surface area contributed by atoms with E-state index in [2.05, 4.69) is 9.97 Å². The molecule has 0 aliphatic rings. The van der Waals surface area contributed by atoms with E-state index in [-0.39, 0.29) is 5.69 Å². The van der Waals surface area contributed by atoms with Crippen molar-refractivity contribution in [1.82, 2.24) is 14.7 Å². The van der Waals surface area contributed by atoms with Gasteiger partial charge in [0.15, 0.2) is 6.10 Å². The number of aliphatic hydroxyl groups excluding tert-OH is 1. The Morgan fingerprint density at radius 1 is 1.08 bits per heavy atom. The van der Waals surface area contributed by atoms with Gasteiger partial charge in [0.2, 0.25) is 15.9 Å². The largest absolute Gasteiger partial charge is 0.481 e. The first-order chi connectivity index (χ1) is 17.2. The molecule has 0 spiro atoms. The smallest absolute Gasteiger partial charge is 0.419 e. The van der Waals surface area contributed by atoms with E-state index in [4.69, 9.17) is 9.47 Å². The number of aliphatic hydroxyl groups is 1. The molecule has 0 radical (unpaired) electrons. The quantitative estimate of drug-likeness (QED) is 0.435. The number of amides is 1. The van der Waals surface area contributed by atoms with Gasteiger partial charge < -0.3 is 14.6 Å². The second-order valence-electron chi connectivity index (χ2n) is 8.73. The Hall–Kier alpha value is -3.71. The molecule has 1 amide bonds. The van der Waals surface area contributed by atoms with E-state index in [0.717, 1.165) is 12.1 Å². The zero-order chi connectivity index (χ0) is 27.4. The summed E-state index contributed by atoms with van der Waals surface area (Å²) in [5.41, 5.74) is -1.76. The summed E-state index contributed by atoms with van der Waals surface area (Å²) in [6.07, 6.45) is -3.42. The molecule has 1 unspecified atom stereocenters. The fourth-order valence-electron chi connectivity index (χ4n) is 2.84. The highest BCUT2D eigenvalue weighted by molar-refractivity contribution is 7.91. The van der Waals surface area contributed by atoms with E-state index in [0.29, 0.717) is 17.7 Å².